The number of rotatable bonds is 1. The molecule has 0 amide bonds. The highest BCUT2D eigenvalue weighted by molar-refractivity contribution is 4.84. The van der Waals surface area contributed by atoms with Crippen LogP contribution in [0, 0.1) is 0 Å². The maximum absolute atomic E-state index is 4.00. The molecule has 2 rings (SSSR count). The number of aromatic nitrogens is 2. The average molecular weight is 137 g/mol. The Bertz CT molecular complexity index is 187. The van der Waals surface area contributed by atoms with Crippen molar-refractivity contribution in [3.05, 3.63) is 18.7 Å². The van der Waals surface area contributed by atoms with E-state index >= 15 is 0 Å². The highest BCUT2D eigenvalue weighted by atomic mass is 15.1. The minimum atomic E-state index is 0.641. The van der Waals surface area contributed by atoms with Crippen molar-refractivity contribution >= 4 is 0 Å². The Labute approximate surface area is 60.1 Å². The lowest BCUT2D eigenvalue weighted by molar-refractivity contribution is 0.546. The first-order chi connectivity index (χ1) is 4.97. The molecule has 0 saturated carbocycles. The molecule has 3 nitrogen and oxygen atoms in total. The fourth-order valence-electron chi connectivity index (χ4n) is 1.38. The Morgan fingerprint density at radius 3 is 3.20 bits per heavy atom. The van der Waals surface area contributed by atoms with Gasteiger partial charge in [0.2, 0.25) is 0 Å². The molecule has 0 spiro atoms. The van der Waals surface area contributed by atoms with Crippen molar-refractivity contribution in [2.75, 3.05) is 13.1 Å². The summed E-state index contributed by atoms with van der Waals surface area (Å²) in [6.45, 7) is 2.24. The van der Waals surface area contributed by atoms with Crippen LogP contribution in [0.5, 0.6) is 0 Å². The SMILES string of the molecule is c1cn(C2CCNC2)cn1. The fraction of sp³-hybridized carbons (Fsp3) is 0.571. The summed E-state index contributed by atoms with van der Waals surface area (Å²) in [6.07, 6.45) is 6.98. The zero-order valence-electron chi connectivity index (χ0n) is 5.83. The van der Waals surface area contributed by atoms with Gasteiger partial charge >= 0.3 is 0 Å². The van der Waals surface area contributed by atoms with Gasteiger partial charge in [-0.15, -0.1) is 0 Å². The van der Waals surface area contributed by atoms with Crippen molar-refractivity contribution in [1.29, 1.82) is 0 Å². The summed E-state index contributed by atoms with van der Waals surface area (Å²) >= 11 is 0. The van der Waals surface area contributed by atoms with Gasteiger partial charge in [0.05, 0.1) is 6.33 Å². The summed E-state index contributed by atoms with van der Waals surface area (Å²) in [7, 11) is 0. The molecule has 0 aliphatic carbocycles. The zero-order valence-corrected chi connectivity index (χ0v) is 5.83. The van der Waals surface area contributed by atoms with Gasteiger partial charge in [-0.05, 0) is 13.0 Å². The van der Waals surface area contributed by atoms with Crippen LogP contribution in [0.1, 0.15) is 12.5 Å². The summed E-state index contributed by atoms with van der Waals surface area (Å²) in [5.41, 5.74) is 0. The predicted molar refractivity (Wildman–Crippen MR) is 38.8 cm³/mol. The summed E-state index contributed by atoms with van der Waals surface area (Å²) in [5.74, 6) is 0. The monoisotopic (exact) mass is 137 g/mol. The van der Waals surface area contributed by atoms with E-state index in [1.54, 1.807) is 0 Å². The van der Waals surface area contributed by atoms with Crippen LogP contribution in [0.3, 0.4) is 0 Å². The normalized spacial score (nSPS) is 25.4. The third-order valence-corrected chi connectivity index (χ3v) is 1.98. The van der Waals surface area contributed by atoms with Crippen LogP contribution in [0.15, 0.2) is 18.7 Å². The molecular weight excluding hydrogens is 126 g/mol. The molecular formula is C7H11N3. The predicted octanol–water partition coefficient (Wildman–Crippen LogP) is 0.418. The lowest BCUT2D eigenvalue weighted by Gasteiger charge is -2.07. The first-order valence-corrected chi connectivity index (χ1v) is 3.65. The van der Waals surface area contributed by atoms with Gasteiger partial charge in [-0.25, -0.2) is 4.98 Å². The van der Waals surface area contributed by atoms with E-state index in [0.717, 1.165) is 13.1 Å². The van der Waals surface area contributed by atoms with Crippen molar-refractivity contribution in [1.82, 2.24) is 14.9 Å². The summed E-state index contributed by atoms with van der Waals surface area (Å²) in [6, 6.07) is 0.641. The first-order valence-electron chi connectivity index (χ1n) is 3.65. The Morgan fingerprint density at radius 2 is 2.60 bits per heavy atom. The number of nitrogens with one attached hydrogen (secondary N) is 1. The second kappa shape index (κ2) is 2.42. The second-order valence-corrected chi connectivity index (χ2v) is 2.66. The highest BCUT2D eigenvalue weighted by Crippen LogP contribution is 2.12. The van der Waals surface area contributed by atoms with E-state index in [1.165, 1.54) is 6.42 Å². The van der Waals surface area contributed by atoms with Gasteiger partial charge in [0.15, 0.2) is 0 Å². The van der Waals surface area contributed by atoms with Gasteiger partial charge in [0, 0.05) is 25.0 Å². The molecule has 1 fully saturated rings. The third kappa shape index (κ3) is 0.926. The zero-order chi connectivity index (χ0) is 6.81. The van der Waals surface area contributed by atoms with E-state index in [2.05, 4.69) is 14.9 Å². The molecule has 54 valence electrons. The molecule has 1 N–H and O–H groups in total. The fourth-order valence-corrected chi connectivity index (χ4v) is 1.38. The average Bonchev–Trinajstić information content (AvgIpc) is 2.59. The smallest absolute Gasteiger partial charge is 0.0948 e. The van der Waals surface area contributed by atoms with Gasteiger partial charge in [0.1, 0.15) is 0 Å². The van der Waals surface area contributed by atoms with Gasteiger partial charge in [-0.3, -0.25) is 0 Å². The molecule has 0 radical (unpaired) electrons. The summed E-state index contributed by atoms with van der Waals surface area (Å²) < 4.78 is 2.17. The molecule has 0 aromatic carbocycles. The lowest BCUT2D eigenvalue weighted by Crippen LogP contribution is -2.11. The van der Waals surface area contributed by atoms with Crippen LogP contribution in [0.25, 0.3) is 0 Å². The second-order valence-electron chi connectivity index (χ2n) is 2.66. The molecule has 1 saturated heterocycles. The van der Waals surface area contributed by atoms with Crippen LogP contribution in [-0.4, -0.2) is 22.6 Å². The molecule has 1 unspecified atom stereocenters. The lowest BCUT2D eigenvalue weighted by atomic mass is 10.3. The molecule has 1 aromatic heterocycles. The standard InChI is InChI=1S/C7H11N3/c1-2-8-5-7(1)10-4-3-9-6-10/h3-4,6-8H,1-2,5H2. The van der Waals surface area contributed by atoms with Crippen LogP contribution < -0.4 is 5.32 Å². The van der Waals surface area contributed by atoms with Crippen molar-refractivity contribution in [2.24, 2.45) is 0 Å². The van der Waals surface area contributed by atoms with Gasteiger partial charge < -0.3 is 9.88 Å². The van der Waals surface area contributed by atoms with Crippen LogP contribution in [0.4, 0.5) is 0 Å². The molecule has 10 heavy (non-hydrogen) atoms. The minimum Gasteiger partial charge on any atom is -0.333 e. The first kappa shape index (κ1) is 5.92. The van der Waals surface area contributed by atoms with E-state index in [9.17, 15) is 0 Å². The van der Waals surface area contributed by atoms with E-state index in [1.807, 2.05) is 18.7 Å². The maximum atomic E-state index is 4.00. The van der Waals surface area contributed by atoms with E-state index in [0.29, 0.717) is 6.04 Å². The van der Waals surface area contributed by atoms with Crippen molar-refractivity contribution < 1.29 is 0 Å². The van der Waals surface area contributed by atoms with Crippen molar-refractivity contribution in [2.45, 2.75) is 12.5 Å². The topological polar surface area (TPSA) is 29.9 Å². The van der Waals surface area contributed by atoms with E-state index in [4.69, 9.17) is 0 Å². The molecule has 3 heteroatoms. The molecule has 0 bridgehead atoms. The van der Waals surface area contributed by atoms with Crippen molar-refractivity contribution in [3.8, 4) is 0 Å². The Kier molecular flexibility index (Phi) is 1.43. The van der Waals surface area contributed by atoms with Crippen LogP contribution in [-0.2, 0) is 0 Å². The Morgan fingerprint density at radius 1 is 1.60 bits per heavy atom. The van der Waals surface area contributed by atoms with Gasteiger partial charge in [-0.2, -0.15) is 0 Å². The molecule has 1 aliphatic rings. The highest BCUT2D eigenvalue weighted by Gasteiger charge is 2.14. The van der Waals surface area contributed by atoms with Crippen LogP contribution in [0.2, 0.25) is 0 Å². The van der Waals surface area contributed by atoms with Crippen LogP contribution >= 0.6 is 0 Å². The molecule has 1 aromatic rings. The summed E-state index contributed by atoms with van der Waals surface area (Å²) in [5, 5.41) is 3.31. The quantitative estimate of drug-likeness (QED) is 0.608. The number of imidazole rings is 1. The summed E-state index contributed by atoms with van der Waals surface area (Å²) in [4.78, 5) is 4.00. The van der Waals surface area contributed by atoms with E-state index in [-0.39, 0.29) is 0 Å². The van der Waals surface area contributed by atoms with Crippen molar-refractivity contribution in [3.63, 3.8) is 0 Å². The third-order valence-electron chi connectivity index (χ3n) is 1.98. The van der Waals surface area contributed by atoms with Gasteiger partial charge in [-0.1, -0.05) is 0 Å². The molecule has 1 aliphatic heterocycles. The molecule has 1 atom stereocenters. The maximum Gasteiger partial charge on any atom is 0.0948 e. The molecule has 2 heterocycles. The Balaban J connectivity index is 2.12. The Hall–Kier alpha value is -0.830. The number of nitrogens with zero attached hydrogens (tertiary/aromatic N) is 2. The minimum absolute atomic E-state index is 0.641. The van der Waals surface area contributed by atoms with E-state index < -0.39 is 0 Å². The van der Waals surface area contributed by atoms with Gasteiger partial charge in [0.25, 0.3) is 0 Å². The largest absolute Gasteiger partial charge is 0.333 e. The number of hydrogen-bond donors (Lipinski definition) is 1. The number of hydrogen-bond acceptors (Lipinski definition) is 2.